The first-order chi connectivity index (χ1) is 18.5. The molecule has 0 saturated carbocycles. The third-order valence-electron chi connectivity index (χ3n) is 6.35. The molecule has 1 aromatic heterocycles. The van der Waals surface area contributed by atoms with Crippen molar-refractivity contribution >= 4 is 22.2 Å². The molecule has 0 amide bonds. The van der Waals surface area contributed by atoms with Crippen molar-refractivity contribution in [2.75, 3.05) is 53.7 Å². The van der Waals surface area contributed by atoms with Crippen LogP contribution in [0.15, 0.2) is 40.9 Å². The summed E-state index contributed by atoms with van der Waals surface area (Å²) in [5.41, 5.74) is 4.19. The number of benzene rings is 2. The van der Waals surface area contributed by atoms with Crippen molar-refractivity contribution < 1.29 is 28.5 Å². The summed E-state index contributed by atoms with van der Waals surface area (Å²) >= 11 is 3.76. The fraction of sp³-hybridized carbons (Fsp3) is 0.393. The molecule has 10 heteroatoms. The van der Waals surface area contributed by atoms with Crippen molar-refractivity contribution in [1.82, 2.24) is 14.9 Å². The van der Waals surface area contributed by atoms with E-state index in [0.29, 0.717) is 12.9 Å². The minimum Gasteiger partial charge on any atom is -0.493 e. The van der Waals surface area contributed by atoms with E-state index in [1.165, 1.54) is 14.2 Å². The van der Waals surface area contributed by atoms with Crippen LogP contribution < -0.4 is 18.9 Å². The number of aldehydes is 1. The van der Waals surface area contributed by atoms with Crippen LogP contribution in [-0.2, 0) is 11.3 Å². The average Bonchev–Trinajstić information content (AvgIpc) is 2.95. The van der Waals surface area contributed by atoms with Crippen molar-refractivity contribution in [1.29, 1.82) is 0 Å². The third-order valence-corrected chi connectivity index (χ3v) is 7.29. The minimum atomic E-state index is 0.0465. The van der Waals surface area contributed by atoms with Gasteiger partial charge in [-0.25, -0.2) is 0 Å². The van der Waals surface area contributed by atoms with Crippen molar-refractivity contribution in [3.05, 3.63) is 57.6 Å². The first-order valence-electron chi connectivity index (χ1n) is 12.4. The predicted octanol–water partition coefficient (Wildman–Crippen LogP) is 4.72. The number of rotatable bonds is 12. The summed E-state index contributed by atoms with van der Waals surface area (Å²) in [6.07, 6.45) is 1.55. The molecular formula is C28H32BrN3O6. The third kappa shape index (κ3) is 6.61. The Balaban J connectivity index is 1.46. The summed E-state index contributed by atoms with van der Waals surface area (Å²) in [4.78, 5) is 22.1. The second-order valence-corrected chi connectivity index (χ2v) is 9.50. The Bertz CT molecular complexity index is 1220. The lowest BCUT2D eigenvalue weighted by Crippen LogP contribution is -2.37. The fourth-order valence-electron chi connectivity index (χ4n) is 4.29. The van der Waals surface area contributed by atoms with E-state index >= 15 is 0 Å². The van der Waals surface area contributed by atoms with E-state index in [2.05, 4.69) is 49.9 Å². The van der Waals surface area contributed by atoms with Crippen LogP contribution in [0, 0.1) is 6.92 Å². The molecule has 0 atom stereocenters. The largest absolute Gasteiger partial charge is 0.493 e. The summed E-state index contributed by atoms with van der Waals surface area (Å²) in [6.45, 7) is 7.52. The van der Waals surface area contributed by atoms with E-state index in [1.807, 2.05) is 24.3 Å². The molecule has 1 aliphatic rings. The van der Waals surface area contributed by atoms with Crippen LogP contribution in [0.4, 0.5) is 0 Å². The molecule has 1 saturated heterocycles. The summed E-state index contributed by atoms with van der Waals surface area (Å²) in [5.74, 6) is 1.06. The molecule has 2 heterocycles. The maximum absolute atomic E-state index is 11.4. The van der Waals surface area contributed by atoms with Crippen LogP contribution in [0.2, 0.25) is 0 Å². The molecule has 202 valence electrons. The Hall–Kier alpha value is -3.21. The molecular weight excluding hydrogens is 554 g/mol. The maximum Gasteiger partial charge on any atom is 0.323 e. The fourth-order valence-corrected chi connectivity index (χ4v) is 4.88. The summed E-state index contributed by atoms with van der Waals surface area (Å²) < 4.78 is 28.7. The number of carbonyl (C=O) groups is 1. The van der Waals surface area contributed by atoms with Gasteiger partial charge in [0.2, 0.25) is 11.8 Å². The second kappa shape index (κ2) is 13.5. The Morgan fingerprint density at radius 3 is 2.37 bits per heavy atom. The van der Waals surface area contributed by atoms with Gasteiger partial charge >= 0.3 is 6.01 Å². The monoisotopic (exact) mass is 585 g/mol. The highest BCUT2D eigenvalue weighted by Crippen LogP contribution is 2.36. The Morgan fingerprint density at radius 1 is 1.00 bits per heavy atom. The normalized spacial score (nSPS) is 13.7. The number of hydrogen-bond acceptors (Lipinski definition) is 9. The molecule has 0 spiro atoms. The summed E-state index contributed by atoms with van der Waals surface area (Å²) in [7, 11) is 2.84. The first-order valence-corrected chi connectivity index (χ1v) is 13.2. The van der Waals surface area contributed by atoms with Gasteiger partial charge in [0, 0.05) is 29.7 Å². The van der Waals surface area contributed by atoms with E-state index in [0.717, 1.165) is 71.7 Å². The topological polar surface area (TPSA) is 92.2 Å². The lowest BCUT2D eigenvalue weighted by molar-refractivity contribution is 0.0358. The van der Waals surface area contributed by atoms with Gasteiger partial charge in [-0.2, -0.15) is 9.97 Å². The zero-order chi connectivity index (χ0) is 26.9. The van der Waals surface area contributed by atoms with Gasteiger partial charge in [0.05, 0.1) is 34.0 Å². The molecule has 0 unspecified atom stereocenters. The van der Waals surface area contributed by atoms with Crippen molar-refractivity contribution in [2.24, 2.45) is 0 Å². The van der Waals surface area contributed by atoms with E-state index in [-0.39, 0.29) is 29.9 Å². The molecule has 4 rings (SSSR count). The molecule has 0 aliphatic carbocycles. The van der Waals surface area contributed by atoms with Gasteiger partial charge in [-0.1, -0.05) is 30.3 Å². The smallest absolute Gasteiger partial charge is 0.323 e. The van der Waals surface area contributed by atoms with Gasteiger partial charge in [-0.05, 0) is 52.0 Å². The highest BCUT2D eigenvalue weighted by molar-refractivity contribution is 9.10. The molecule has 1 fully saturated rings. The Kier molecular flexibility index (Phi) is 9.91. The number of carbonyl (C=O) groups excluding carboxylic acids is 1. The molecule has 9 nitrogen and oxygen atoms in total. The highest BCUT2D eigenvalue weighted by atomic mass is 79.9. The van der Waals surface area contributed by atoms with Gasteiger partial charge in [-0.3, -0.25) is 9.69 Å². The van der Waals surface area contributed by atoms with Crippen LogP contribution in [0.3, 0.4) is 0 Å². The van der Waals surface area contributed by atoms with Crippen LogP contribution in [0.5, 0.6) is 23.5 Å². The number of ether oxygens (including phenoxy) is 5. The molecule has 0 N–H and O–H groups in total. The maximum atomic E-state index is 11.4. The van der Waals surface area contributed by atoms with Gasteiger partial charge in [0.25, 0.3) is 0 Å². The van der Waals surface area contributed by atoms with Crippen molar-refractivity contribution in [3.63, 3.8) is 0 Å². The number of morpholine rings is 1. The van der Waals surface area contributed by atoms with Gasteiger partial charge < -0.3 is 23.7 Å². The predicted molar refractivity (Wildman–Crippen MR) is 147 cm³/mol. The van der Waals surface area contributed by atoms with Crippen LogP contribution in [0.1, 0.15) is 27.9 Å². The minimum absolute atomic E-state index is 0.0465. The Morgan fingerprint density at radius 2 is 1.68 bits per heavy atom. The zero-order valence-corrected chi connectivity index (χ0v) is 23.5. The molecule has 0 radical (unpaired) electrons. The molecule has 2 aromatic carbocycles. The average molecular weight is 586 g/mol. The number of aromatic nitrogens is 2. The van der Waals surface area contributed by atoms with Gasteiger partial charge in [-0.15, -0.1) is 0 Å². The lowest BCUT2D eigenvalue weighted by atomic mass is 9.98. The first kappa shape index (κ1) is 27.8. The Labute approximate surface area is 231 Å². The summed E-state index contributed by atoms with van der Waals surface area (Å²) in [5, 5.41) is 0. The quantitative estimate of drug-likeness (QED) is 0.221. The van der Waals surface area contributed by atoms with Crippen LogP contribution >= 0.6 is 15.9 Å². The molecule has 1 aliphatic heterocycles. The molecule has 38 heavy (non-hydrogen) atoms. The van der Waals surface area contributed by atoms with Crippen molar-refractivity contribution in [2.45, 2.75) is 20.0 Å². The van der Waals surface area contributed by atoms with E-state index in [4.69, 9.17) is 23.7 Å². The SMILES string of the molecule is COc1nc(OCc2cccc(-c3cccc(OCCCN4CCOCC4)c3C)c2Br)nc(OC)c1C=O. The van der Waals surface area contributed by atoms with Crippen molar-refractivity contribution in [3.8, 4) is 34.6 Å². The highest BCUT2D eigenvalue weighted by Gasteiger charge is 2.18. The standard InChI is InChI=1S/C28H32BrN3O6/c1-19-21(8-5-10-24(19)37-14-6-11-32-12-15-36-16-13-32)22-9-4-7-20(25(22)29)18-38-28-30-26(34-2)23(17-33)27(31-28)35-3/h4-5,7-10,17H,6,11-16,18H2,1-3H3. The number of methoxy groups -OCH3 is 2. The zero-order valence-electron chi connectivity index (χ0n) is 21.9. The van der Waals surface area contributed by atoms with E-state index in [9.17, 15) is 4.79 Å². The van der Waals surface area contributed by atoms with Crippen LogP contribution in [0.25, 0.3) is 11.1 Å². The second-order valence-electron chi connectivity index (χ2n) is 8.71. The summed E-state index contributed by atoms with van der Waals surface area (Å²) in [6, 6.07) is 12.1. The number of nitrogens with zero attached hydrogens (tertiary/aromatic N) is 3. The lowest BCUT2D eigenvalue weighted by Gasteiger charge is -2.26. The molecule has 0 bridgehead atoms. The van der Waals surface area contributed by atoms with Gasteiger partial charge in [0.15, 0.2) is 6.29 Å². The van der Waals surface area contributed by atoms with Crippen LogP contribution in [-0.4, -0.2) is 74.8 Å². The van der Waals surface area contributed by atoms with E-state index < -0.39 is 0 Å². The van der Waals surface area contributed by atoms with Gasteiger partial charge in [0.1, 0.15) is 17.9 Å². The van der Waals surface area contributed by atoms with E-state index in [1.54, 1.807) is 0 Å². The molecule has 3 aromatic rings. The number of halogens is 1. The number of hydrogen-bond donors (Lipinski definition) is 0.